The molecule has 0 atom stereocenters. The Morgan fingerprint density at radius 3 is 2.44 bits per heavy atom. The van der Waals surface area contributed by atoms with Crippen LogP contribution >= 0.6 is 0 Å². The number of carbonyl (C=O) groups excluding carboxylic acids is 1. The van der Waals surface area contributed by atoms with Crippen LogP contribution in [0.1, 0.15) is 78.7 Å². The summed E-state index contributed by atoms with van der Waals surface area (Å²) in [7, 11) is -3.54. The van der Waals surface area contributed by atoms with E-state index in [4.69, 9.17) is 0 Å². The van der Waals surface area contributed by atoms with E-state index in [0.717, 1.165) is 44.1 Å². The molecule has 4 rings (SSSR count). The third-order valence-electron chi connectivity index (χ3n) is 6.89. The smallest absolute Gasteiger partial charge is 0.251 e. The molecular weight excluding hydrogens is 448 g/mol. The van der Waals surface area contributed by atoms with Crippen LogP contribution in [-0.4, -0.2) is 48.0 Å². The van der Waals surface area contributed by atoms with Gasteiger partial charge in [0.05, 0.1) is 17.9 Å². The van der Waals surface area contributed by atoms with Crippen molar-refractivity contribution in [3.8, 4) is 0 Å². The van der Waals surface area contributed by atoms with Crippen molar-refractivity contribution in [2.24, 2.45) is 0 Å². The molecule has 2 heterocycles. The molecule has 7 nitrogen and oxygen atoms in total. The molecule has 0 unspecified atom stereocenters. The number of amides is 1. The molecule has 0 bridgehead atoms. The second kappa shape index (κ2) is 10.9. The number of carbonyl (C=O) groups is 1. The molecule has 1 fully saturated rings. The fourth-order valence-electron chi connectivity index (χ4n) is 4.95. The SMILES string of the molecule is Cc1nn(Cc2ccc(C(=O)NCCC3=CCCCC3)cc2)c(C)c1S(=O)(=O)N1CCCCC1. The van der Waals surface area contributed by atoms with Gasteiger partial charge in [0, 0.05) is 25.2 Å². The number of nitrogens with one attached hydrogen (secondary N) is 1. The molecule has 1 aromatic heterocycles. The van der Waals surface area contributed by atoms with Gasteiger partial charge in [-0.1, -0.05) is 30.2 Å². The largest absolute Gasteiger partial charge is 0.352 e. The first-order chi connectivity index (χ1) is 16.4. The third-order valence-corrected chi connectivity index (χ3v) is 9.04. The third kappa shape index (κ3) is 5.61. The Morgan fingerprint density at radius 1 is 1.03 bits per heavy atom. The Labute approximate surface area is 203 Å². The van der Waals surface area contributed by atoms with Crippen molar-refractivity contribution in [3.63, 3.8) is 0 Å². The quantitative estimate of drug-likeness (QED) is 0.565. The Balaban J connectivity index is 1.39. The van der Waals surface area contributed by atoms with Crippen molar-refractivity contribution in [2.45, 2.75) is 76.7 Å². The summed E-state index contributed by atoms with van der Waals surface area (Å²) in [5.41, 5.74) is 4.24. The highest BCUT2D eigenvalue weighted by atomic mass is 32.2. The van der Waals surface area contributed by atoms with Gasteiger partial charge >= 0.3 is 0 Å². The van der Waals surface area contributed by atoms with Crippen molar-refractivity contribution in [2.75, 3.05) is 19.6 Å². The molecule has 0 spiro atoms. The van der Waals surface area contributed by atoms with Gasteiger partial charge in [-0.3, -0.25) is 9.48 Å². The fourth-order valence-corrected chi connectivity index (χ4v) is 6.84. The average Bonchev–Trinajstić information content (AvgIpc) is 3.13. The second-order valence-corrected chi connectivity index (χ2v) is 11.3. The van der Waals surface area contributed by atoms with Gasteiger partial charge < -0.3 is 5.32 Å². The van der Waals surface area contributed by atoms with Gasteiger partial charge in [-0.05, 0) is 76.5 Å². The minimum absolute atomic E-state index is 0.0658. The molecule has 1 aliphatic carbocycles. The average molecular weight is 485 g/mol. The lowest BCUT2D eigenvalue weighted by Crippen LogP contribution is -2.36. The van der Waals surface area contributed by atoms with E-state index in [2.05, 4.69) is 16.5 Å². The summed E-state index contributed by atoms with van der Waals surface area (Å²) in [6.07, 6.45) is 11.0. The molecular formula is C26H36N4O3S. The highest BCUT2D eigenvalue weighted by Gasteiger charge is 2.31. The van der Waals surface area contributed by atoms with Crippen LogP contribution in [0.15, 0.2) is 40.8 Å². The first-order valence-corrected chi connectivity index (χ1v) is 13.9. The van der Waals surface area contributed by atoms with Gasteiger partial charge in [0.25, 0.3) is 5.91 Å². The van der Waals surface area contributed by atoms with Gasteiger partial charge in [-0.2, -0.15) is 9.40 Å². The summed E-state index contributed by atoms with van der Waals surface area (Å²) in [5, 5.41) is 7.55. The topological polar surface area (TPSA) is 84.3 Å². The monoisotopic (exact) mass is 484 g/mol. The Hall–Kier alpha value is -2.45. The molecule has 184 valence electrons. The maximum absolute atomic E-state index is 13.2. The van der Waals surface area contributed by atoms with Crippen LogP contribution in [-0.2, 0) is 16.6 Å². The lowest BCUT2D eigenvalue weighted by atomic mass is 9.97. The Morgan fingerprint density at radius 2 is 1.76 bits per heavy atom. The summed E-state index contributed by atoms with van der Waals surface area (Å²) in [5.74, 6) is -0.0658. The summed E-state index contributed by atoms with van der Waals surface area (Å²) in [6.45, 7) is 5.85. The van der Waals surface area contributed by atoms with Crippen molar-refractivity contribution < 1.29 is 13.2 Å². The first-order valence-electron chi connectivity index (χ1n) is 12.5. The minimum Gasteiger partial charge on any atom is -0.352 e. The van der Waals surface area contributed by atoms with Crippen LogP contribution < -0.4 is 5.32 Å². The van der Waals surface area contributed by atoms with Gasteiger partial charge in [-0.25, -0.2) is 8.42 Å². The van der Waals surface area contributed by atoms with Crippen molar-refractivity contribution >= 4 is 15.9 Å². The lowest BCUT2D eigenvalue weighted by Gasteiger charge is -2.26. The number of allylic oxidation sites excluding steroid dienone is 1. The van der Waals surface area contributed by atoms with E-state index in [1.165, 1.54) is 18.4 Å². The van der Waals surface area contributed by atoms with Gasteiger partial charge in [0.1, 0.15) is 4.90 Å². The summed E-state index contributed by atoms with van der Waals surface area (Å²) >= 11 is 0. The second-order valence-electron chi connectivity index (χ2n) is 9.43. The maximum Gasteiger partial charge on any atom is 0.251 e. The minimum atomic E-state index is -3.54. The number of hydrogen-bond donors (Lipinski definition) is 1. The summed E-state index contributed by atoms with van der Waals surface area (Å²) < 4.78 is 29.8. The van der Waals surface area contributed by atoms with Crippen molar-refractivity contribution in [1.82, 2.24) is 19.4 Å². The first kappa shape index (κ1) is 24.7. The molecule has 1 N–H and O–H groups in total. The standard InChI is InChI=1S/C26H36N4O3S/c1-20-25(34(32,33)29-17-7-4-8-18-29)21(2)30(28-20)19-23-11-13-24(14-12-23)26(31)27-16-15-22-9-5-3-6-10-22/h9,11-14H,3-8,10,15-19H2,1-2H3,(H,27,31). The maximum atomic E-state index is 13.2. The number of hydrogen-bond acceptors (Lipinski definition) is 4. The van der Waals surface area contributed by atoms with Crippen LogP contribution in [0.2, 0.25) is 0 Å². The molecule has 1 amide bonds. The van der Waals surface area contributed by atoms with E-state index in [-0.39, 0.29) is 5.91 Å². The molecule has 2 aliphatic rings. The molecule has 0 saturated carbocycles. The lowest BCUT2D eigenvalue weighted by molar-refractivity contribution is 0.0954. The number of nitrogens with zero attached hydrogens (tertiary/aromatic N) is 3. The molecule has 2 aromatic rings. The predicted octanol–water partition coefficient (Wildman–Crippen LogP) is 4.34. The van der Waals surface area contributed by atoms with Gasteiger partial charge in [0.15, 0.2) is 0 Å². The zero-order valence-corrected chi connectivity index (χ0v) is 21.2. The zero-order chi connectivity index (χ0) is 24.1. The summed E-state index contributed by atoms with van der Waals surface area (Å²) in [4.78, 5) is 12.8. The Bertz CT molecular complexity index is 1140. The van der Waals surface area contributed by atoms with E-state index in [0.29, 0.717) is 48.0 Å². The van der Waals surface area contributed by atoms with E-state index in [1.807, 2.05) is 31.2 Å². The molecule has 8 heteroatoms. The molecule has 1 aromatic carbocycles. The van der Waals surface area contributed by atoms with Crippen molar-refractivity contribution in [1.29, 1.82) is 0 Å². The molecule has 0 radical (unpaired) electrons. The van der Waals surface area contributed by atoms with Crippen LogP contribution in [0.3, 0.4) is 0 Å². The van der Waals surface area contributed by atoms with Crippen LogP contribution in [0, 0.1) is 13.8 Å². The molecule has 1 aliphatic heterocycles. The number of aryl methyl sites for hydroxylation is 1. The van der Waals surface area contributed by atoms with E-state index < -0.39 is 10.0 Å². The molecule has 1 saturated heterocycles. The van der Waals surface area contributed by atoms with Gasteiger partial charge in [0.2, 0.25) is 10.0 Å². The fraction of sp³-hybridized carbons (Fsp3) is 0.538. The van der Waals surface area contributed by atoms with Crippen LogP contribution in [0.5, 0.6) is 0 Å². The number of aromatic nitrogens is 2. The van der Waals surface area contributed by atoms with Gasteiger partial charge in [-0.15, -0.1) is 0 Å². The highest BCUT2D eigenvalue weighted by molar-refractivity contribution is 7.89. The number of sulfonamides is 1. The van der Waals surface area contributed by atoms with Crippen LogP contribution in [0.25, 0.3) is 0 Å². The van der Waals surface area contributed by atoms with Crippen LogP contribution in [0.4, 0.5) is 0 Å². The number of piperidine rings is 1. The highest BCUT2D eigenvalue weighted by Crippen LogP contribution is 2.26. The van der Waals surface area contributed by atoms with Crippen molar-refractivity contribution in [3.05, 3.63) is 58.4 Å². The normalized spacial score (nSPS) is 17.4. The number of rotatable bonds is 8. The molecule has 34 heavy (non-hydrogen) atoms. The van der Waals surface area contributed by atoms with E-state index >= 15 is 0 Å². The van der Waals surface area contributed by atoms with E-state index in [9.17, 15) is 13.2 Å². The van der Waals surface area contributed by atoms with E-state index in [1.54, 1.807) is 15.9 Å². The predicted molar refractivity (Wildman–Crippen MR) is 133 cm³/mol. The number of benzene rings is 1. The zero-order valence-electron chi connectivity index (χ0n) is 20.3. The summed E-state index contributed by atoms with van der Waals surface area (Å²) in [6, 6.07) is 7.46. The Kier molecular flexibility index (Phi) is 7.88.